The van der Waals surface area contributed by atoms with E-state index in [4.69, 9.17) is 0 Å². The number of rotatable bonds is 1. The maximum Gasteiger partial charge on any atom is 0.461 e. The van der Waals surface area contributed by atoms with Crippen LogP contribution in [0.5, 0.6) is 0 Å². The minimum absolute atomic E-state index is 0.281. The Kier molecular flexibility index (Phi) is 3.11. The molecule has 0 fully saturated rings. The monoisotopic (exact) mass is 275 g/mol. The Bertz CT molecular complexity index is 465. The summed E-state index contributed by atoms with van der Waals surface area (Å²) in [4.78, 5) is 0. The number of aromatic nitrogens is 3. The van der Waals surface area contributed by atoms with E-state index in [1.807, 2.05) is 5.10 Å². The summed E-state index contributed by atoms with van der Waals surface area (Å²) in [5, 5.41) is 4.95. The van der Waals surface area contributed by atoms with Gasteiger partial charge in [0.1, 0.15) is 0 Å². The molecular formula is C8H10F5N3S. The summed E-state index contributed by atoms with van der Waals surface area (Å²) in [6.45, 7) is 4.36. The molecule has 0 spiro atoms. The number of nitrogens with zero attached hydrogens (tertiary/aromatic N) is 2. The first-order valence-corrected chi connectivity index (χ1v) is 4.93. The first-order valence-electron chi connectivity index (χ1n) is 4.52. The second-order valence-corrected chi connectivity index (χ2v) is 4.82. The van der Waals surface area contributed by atoms with Gasteiger partial charge in [-0.3, -0.25) is 9.67 Å². The number of nitrogens with one attached hydrogen (secondary N) is 1. The summed E-state index contributed by atoms with van der Waals surface area (Å²) in [6.07, 6.45) is -5.71. The Morgan fingerprint density at radius 2 is 1.59 bits per heavy atom. The van der Waals surface area contributed by atoms with Gasteiger partial charge in [-0.15, -0.1) is 0 Å². The predicted octanol–water partition coefficient (Wildman–Crippen LogP) is 3.35. The van der Waals surface area contributed by atoms with Crippen LogP contribution in [0.3, 0.4) is 0 Å². The summed E-state index contributed by atoms with van der Waals surface area (Å²) in [5.74, 6) is -6.48. The van der Waals surface area contributed by atoms with Gasteiger partial charge in [0, 0.05) is 5.54 Å². The van der Waals surface area contributed by atoms with Crippen LogP contribution in [0.25, 0.3) is 0 Å². The Morgan fingerprint density at radius 3 is 1.94 bits per heavy atom. The molecule has 1 N–H and O–H groups in total. The van der Waals surface area contributed by atoms with Gasteiger partial charge in [0.15, 0.2) is 4.77 Å². The summed E-state index contributed by atoms with van der Waals surface area (Å²) >= 11 is 4.66. The number of halogens is 5. The molecule has 0 aromatic carbocycles. The summed E-state index contributed by atoms with van der Waals surface area (Å²) in [6, 6.07) is 0. The molecule has 1 rings (SSSR count). The van der Waals surface area contributed by atoms with Crippen LogP contribution in [0.15, 0.2) is 0 Å². The average Bonchev–Trinajstić information content (AvgIpc) is 2.44. The topological polar surface area (TPSA) is 33.6 Å². The summed E-state index contributed by atoms with van der Waals surface area (Å²) < 4.78 is 63.5. The molecule has 0 atom stereocenters. The van der Waals surface area contributed by atoms with Crippen molar-refractivity contribution < 1.29 is 22.0 Å². The number of aromatic amines is 1. The van der Waals surface area contributed by atoms with E-state index >= 15 is 0 Å². The highest BCUT2D eigenvalue weighted by Gasteiger charge is 2.62. The highest BCUT2D eigenvalue weighted by molar-refractivity contribution is 7.71. The molecule has 0 unspecified atom stereocenters. The standard InChI is InChI=1S/C8H10F5N3S/c1-6(2,3)16-4(14-15-5(16)17)7(9,10)8(11,12)13/h1-3H3,(H,15,17). The minimum atomic E-state index is -5.71. The third-order valence-corrected chi connectivity index (χ3v) is 2.25. The molecule has 0 saturated carbocycles. The fourth-order valence-corrected chi connectivity index (χ4v) is 1.66. The Morgan fingerprint density at radius 1 is 1.12 bits per heavy atom. The number of H-pyrrole nitrogens is 1. The maximum atomic E-state index is 13.2. The Hall–Kier alpha value is -0.990. The van der Waals surface area contributed by atoms with Crippen molar-refractivity contribution in [2.24, 2.45) is 0 Å². The van der Waals surface area contributed by atoms with Gasteiger partial charge in [-0.05, 0) is 33.0 Å². The zero-order chi connectivity index (χ0) is 13.6. The lowest BCUT2D eigenvalue weighted by Crippen LogP contribution is -2.39. The van der Waals surface area contributed by atoms with Crippen LogP contribution in [-0.4, -0.2) is 20.9 Å². The molecule has 9 heteroatoms. The average molecular weight is 275 g/mol. The second-order valence-electron chi connectivity index (χ2n) is 4.43. The first-order chi connectivity index (χ1) is 7.39. The molecule has 98 valence electrons. The van der Waals surface area contributed by atoms with Gasteiger partial charge in [-0.25, -0.2) is 0 Å². The van der Waals surface area contributed by atoms with E-state index in [-0.39, 0.29) is 4.77 Å². The van der Waals surface area contributed by atoms with Crippen LogP contribution in [0, 0.1) is 4.77 Å². The molecule has 0 aliphatic heterocycles. The van der Waals surface area contributed by atoms with E-state index in [1.54, 1.807) is 0 Å². The molecule has 1 heterocycles. The fraction of sp³-hybridized carbons (Fsp3) is 0.750. The molecular weight excluding hydrogens is 265 g/mol. The first kappa shape index (κ1) is 14.1. The molecule has 0 radical (unpaired) electrons. The highest BCUT2D eigenvalue weighted by atomic mass is 32.1. The smallest absolute Gasteiger partial charge is 0.293 e. The van der Waals surface area contributed by atoms with E-state index in [9.17, 15) is 22.0 Å². The summed E-state index contributed by atoms with van der Waals surface area (Å²) in [5.41, 5.74) is -1.03. The molecule has 3 nitrogen and oxygen atoms in total. The van der Waals surface area contributed by atoms with Crippen LogP contribution >= 0.6 is 12.2 Å². The lowest BCUT2D eigenvalue weighted by Gasteiger charge is -2.26. The Labute approximate surface area is 98.6 Å². The normalized spacial score (nSPS) is 14.1. The molecule has 0 saturated heterocycles. The molecule has 0 amide bonds. The van der Waals surface area contributed by atoms with Crippen molar-refractivity contribution >= 4 is 12.2 Å². The molecule has 0 aliphatic carbocycles. The predicted molar refractivity (Wildman–Crippen MR) is 52.4 cm³/mol. The van der Waals surface area contributed by atoms with Crippen LogP contribution in [0.2, 0.25) is 0 Å². The fourth-order valence-electron chi connectivity index (χ4n) is 1.26. The van der Waals surface area contributed by atoms with Gasteiger partial charge in [-0.1, -0.05) is 0 Å². The molecule has 1 aromatic rings. The van der Waals surface area contributed by atoms with Crippen molar-refractivity contribution in [3.8, 4) is 0 Å². The zero-order valence-electron chi connectivity index (χ0n) is 9.19. The van der Waals surface area contributed by atoms with E-state index in [2.05, 4.69) is 17.3 Å². The van der Waals surface area contributed by atoms with E-state index < -0.39 is 23.5 Å². The van der Waals surface area contributed by atoms with Gasteiger partial charge in [0.2, 0.25) is 5.82 Å². The second kappa shape index (κ2) is 3.76. The highest BCUT2D eigenvalue weighted by Crippen LogP contribution is 2.43. The lowest BCUT2D eigenvalue weighted by atomic mass is 10.1. The Balaban J connectivity index is 3.50. The van der Waals surface area contributed by atoms with Gasteiger partial charge in [-0.2, -0.15) is 27.1 Å². The number of hydrogen-bond acceptors (Lipinski definition) is 2. The van der Waals surface area contributed by atoms with Gasteiger partial charge >= 0.3 is 12.1 Å². The van der Waals surface area contributed by atoms with Crippen molar-refractivity contribution in [2.45, 2.75) is 38.4 Å². The third-order valence-electron chi connectivity index (χ3n) is 1.98. The molecule has 1 aromatic heterocycles. The molecule has 0 bridgehead atoms. The van der Waals surface area contributed by atoms with Crippen LogP contribution in [0.4, 0.5) is 22.0 Å². The van der Waals surface area contributed by atoms with Crippen molar-refractivity contribution in [3.05, 3.63) is 10.6 Å². The minimum Gasteiger partial charge on any atom is -0.293 e. The zero-order valence-corrected chi connectivity index (χ0v) is 10.0. The largest absolute Gasteiger partial charge is 0.461 e. The van der Waals surface area contributed by atoms with Crippen LogP contribution < -0.4 is 0 Å². The van der Waals surface area contributed by atoms with E-state index in [0.717, 1.165) is 0 Å². The maximum absolute atomic E-state index is 13.2. The van der Waals surface area contributed by atoms with Crippen LogP contribution in [-0.2, 0) is 11.5 Å². The lowest BCUT2D eigenvalue weighted by molar-refractivity contribution is -0.294. The SMILES string of the molecule is CC(C)(C)n1c(C(F)(F)C(F)(F)F)n[nH]c1=S. The van der Waals surface area contributed by atoms with Gasteiger partial charge in [0.05, 0.1) is 0 Å². The van der Waals surface area contributed by atoms with E-state index in [0.29, 0.717) is 4.57 Å². The van der Waals surface area contributed by atoms with Crippen molar-refractivity contribution in [2.75, 3.05) is 0 Å². The van der Waals surface area contributed by atoms with E-state index in [1.165, 1.54) is 20.8 Å². The van der Waals surface area contributed by atoms with Crippen molar-refractivity contribution in [3.63, 3.8) is 0 Å². The third kappa shape index (κ3) is 2.33. The number of hydrogen-bond donors (Lipinski definition) is 1. The van der Waals surface area contributed by atoms with Crippen molar-refractivity contribution in [1.29, 1.82) is 0 Å². The molecule has 0 aliphatic rings. The quantitative estimate of drug-likeness (QED) is 0.630. The van der Waals surface area contributed by atoms with Gasteiger partial charge in [0.25, 0.3) is 0 Å². The van der Waals surface area contributed by atoms with Gasteiger partial charge < -0.3 is 0 Å². The number of alkyl halides is 5. The van der Waals surface area contributed by atoms with Crippen LogP contribution in [0.1, 0.15) is 26.6 Å². The summed E-state index contributed by atoms with van der Waals surface area (Å²) in [7, 11) is 0. The van der Waals surface area contributed by atoms with Crippen molar-refractivity contribution in [1.82, 2.24) is 14.8 Å². The molecule has 17 heavy (non-hydrogen) atoms.